The number of amides is 1. The summed E-state index contributed by atoms with van der Waals surface area (Å²) in [5, 5.41) is 6.86. The molecule has 1 heterocycles. The zero-order valence-electron chi connectivity index (χ0n) is 13.5. The molecule has 5 nitrogen and oxygen atoms in total. The zero-order chi connectivity index (χ0) is 16.1. The first kappa shape index (κ1) is 16.1. The van der Waals surface area contributed by atoms with Gasteiger partial charge in [0, 0.05) is 5.56 Å². The number of carbonyl (C=O) groups excluding carboxylic acids is 1. The Kier molecular flexibility index (Phi) is 5.20. The van der Waals surface area contributed by atoms with Crippen LogP contribution in [0.25, 0.3) is 0 Å². The molecule has 1 amide bonds. The molecular weight excluding hydrogens is 280 g/mol. The topological polar surface area (TPSA) is 64.4 Å². The van der Waals surface area contributed by atoms with Crippen molar-refractivity contribution in [2.75, 3.05) is 6.61 Å². The maximum atomic E-state index is 12.2. The van der Waals surface area contributed by atoms with Crippen molar-refractivity contribution in [3.05, 3.63) is 46.8 Å². The third kappa shape index (κ3) is 3.87. The van der Waals surface area contributed by atoms with Crippen LogP contribution >= 0.6 is 0 Å². The van der Waals surface area contributed by atoms with Crippen molar-refractivity contribution in [1.82, 2.24) is 10.5 Å². The summed E-state index contributed by atoms with van der Waals surface area (Å²) in [5.41, 5.74) is 2.63. The van der Waals surface area contributed by atoms with E-state index in [1.165, 1.54) is 0 Å². The minimum absolute atomic E-state index is 0.0521. The maximum Gasteiger partial charge on any atom is 0.225 e. The number of aryl methyl sites for hydroxylation is 2. The molecule has 0 spiro atoms. The van der Waals surface area contributed by atoms with Gasteiger partial charge in [0.15, 0.2) is 0 Å². The predicted octanol–water partition coefficient (Wildman–Crippen LogP) is 3.11. The van der Waals surface area contributed by atoms with Crippen molar-refractivity contribution in [1.29, 1.82) is 0 Å². The van der Waals surface area contributed by atoms with Crippen LogP contribution in [0.4, 0.5) is 0 Å². The zero-order valence-corrected chi connectivity index (χ0v) is 13.5. The molecule has 0 saturated carbocycles. The van der Waals surface area contributed by atoms with Gasteiger partial charge in [0.1, 0.15) is 11.5 Å². The van der Waals surface area contributed by atoms with Gasteiger partial charge >= 0.3 is 0 Å². The molecule has 2 rings (SSSR count). The normalized spacial score (nSPS) is 12.0. The third-order valence-corrected chi connectivity index (χ3v) is 3.57. The van der Waals surface area contributed by atoms with Crippen LogP contribution in [0.5, 0.6) is 5.75 Å². The molecule has 5 heteroatoms. The molecule has 2 aromatic rings. The van der Waals surface area contributed by atoms with E-state index >= 15 is 0 Å². The summed E-state index contributed by atoms with van der Waals surface area (Å²) in [7, 11) is 0. The van der Waals surface area contributed by atoms with Crippen molar-refractivity contribution >= 4 is 5.91 Å². The molecule has 0 saturated heterocycles. The minimum Gasteiger partial charge on any atom is -0.494 e. The van der Waals surface area contributed by atoms with Gasteiger partial charge in [0.05, 0.1) is 24.8 Å². The fourth-order valence-electron chi connectivity index (χ4n) is 2.33. The van der Waals surface area contributed by atoms with Crippen molar-refractivity contribution in [2.45, 2.75) is 40.2 Å². The second-order valence-corrected chi connectivity index (χ2v) is 5.27. The van der Waals surface area contributed by atoms with Crippen LogP contribution in [-0.4, -0.2) is 17.7 Å². The highest BCUT2D eigenvalue weighted by Crippen LogP contribution is 2.20. The first-order valence-corrected chi connectivity index (χ1v) is 7.45. The van der Waals surface area contributed by atoms with Gasteiger partial charge < -0.3 is 14.6 Å². The van der Waals surface area contributed by atoms with Crippen LogP contribution < -0.4 is 10.1 Å². The standard InChI is InChI=1S/C17H22N2O3/c1-5-21-15-8-6-7-14(9-15)11(2)18-17(20)10-16-12(3)19-22-13(16)4/h6-9,11H,5,10H2,1-4H3,(H,18,20)/t11-/m1/s1. The monoisotopic (exact) mass is 302 g/mol. The van der Waals surface area contributed by atoms with E-state index in [2.05, 4.69) is 10.5 Å². The van der Waals surface area contributed by atoms with Gasteiger partial charge in [-0.05, 0) is 45.4 Å². The van der Waals surface area contributed by atoms with E-state index in [9.17, 15) is 4.79 Å². The van der Waals surface area contributed by atoms with Crippen LogP contribution in [0.3, 0.4) is 0 Å². The first-order valence-electron chi connectivity index (χ1n) is 7.45. The minimum atomic E-state index is -0.0895. The Morgan fingerprint density at radius 2 is 2.18 bits per heavy atom. The lowest BCUT2D eigenvalue weighted by Crippen LogP contribution is -2.28. The lowest BCUT2D eigenvalue weighted by molar-refractivity contribution is -0.121. The van der Waals surface area contributed by atoms with Gasteiger partial charge in [-0.25, -0.2) is 0 Å². The number of carbonyl (C=O) groups is 1. The van der Waals surface area contributed by atoms with E-state index in [4.69, 9.17) is 9.26 Å². The molecular formula is C17H22N2O3. The van der Waals surface area contributed by atoms with Gasteiger partial charge in [-0.3, -0.25) is 4.79 Å². The molecule has 0 unspecified atom stereocenters. The van der Waals surface area contributed by atoms with Crippen molar-refractivity contribution < 1.29 is 14.1 Å². The fraction of sp³-hybridized carbons (Fsp3) is 0.412. The fourth-order valence-corrected chi connectivity index (χ4v) is 2.33. The highest BCUT2D eigenvalue weighted by Gasteiger charge is 2.16. The number of aromatic nitrogens is 1. The van der Waals surface area contributed by atoms with E-state index < -0.39 is 0 Å². The molecule has 0 radical (unpaired) electrons. The highest BCUT2D eigenvalue weighted by molar-refractivity contribution is 5.79. The molecule has 1 aromatic carbocycles. The van der Waals surface area contributed by atoms with E-state index in [-0.39, 0.29) is 18.4 Å². The molecule has 0 aliphatic heterocycles. The average molecular weight is 302 g/mol. The predicted molar refractivity (Wildman–Crippen MR) is 83.8 cm³/mol. The summed E-state index contributed by atoms with van der Waals surface area (Å²) in [6, 6.07) is 7.67. The van der Waals surface area contributed by atoms with Crippen molar-refractivity contribution in [2.24, 2.45) is 0 Å². The number of hydrogen-bond donors (Lipinski definition) is 1. The number of rotatable bonds is 6. The molecule has 1 atom stereocenters. The summed E-state index contributed by atoms with van der Waals surface area (Å²) in [6.07, 6.45) is 0.274. The second kappa shape index (κ2) is 7.11. The summed E-state index contributed by atoms with van der Waals surface area (Å²) in [6.45, 7) is 8.18. The van der Waals surface area contributed by atoms with Crippen LogP contribution in [-0.2, 0) is 11.2 Å². The Morgan fingerprint density at radius 1 is 1.41 bits per heavy atom. The van der Waals surface area contributed by atoms with Gasteiger partial charge in [0.25, 0.3) is 0 Å². The van der Waals surface area contributed by atoms with Crippen LogP contribution in [0.1, 0.15) is 42.5 Å². The Hall–Kier alpha value is -2.30. The summed E-state index contributed by atoms with van der Waals surface area (Å²) < 4.78 is 10.6. The Labute approximate surface area is 130 Å². The molecule has 22 heavy (non-hydrogen) atoms. The number of benzene rings is 1. The number of ether oxygens (including phenoxy) is 1. The van der Waals surface area contributed by atoms with Gasteiger partial charge in [0.2, 0.25) is 5.91 Å². The summed E-state index contributed by atoms with van der Waals surface area (Å²) >= 11 is 0. The maximum absolute atomic E-state index is 12.2. The molecule has 0 aliphatic rings. The lowest BCUT2D eigenvalue weighted by atomic mass is 10.1. The van der Waals surface area contributed by atoms with E-state index in [0.29, 0.717) is 12.4 Å². The Balaban J connectivity index is 2.00. The smallest absolute Gasteiger partial charge is 0.225 e. The molecule has 0 bridgehead atoms. The number of nitrogens with one attached hydrogen (secondary N) is 1. The molecule has 1 aromatic heterocycles. The SMILES string of the molecule is CCOc1cccc([C@@H](C)NC(=O)Cc2c(C)noc2C)c1. The Bertz CT molecular complexity index is 630. The quantitative estimate of drug-likeness (QED) is 0.890. The first-order chi connectivity index (χ1) is 10.5. The largest absolute Gasteiger partial charge is 0.494 e. The van der Waals surface area contributed by atoms with Gasteiger partial charge in [-0.1, -0.05) is 17.3 Å². The summed E-state index contributed by atoms with van der Waals surface area (Å²) in [4.78, 5) is 12.2. The van der Waals surface area contributed by atoms with Crippen LogP contribution in [0.15, 0.2) is 28.8 Å². The molecule has 1 N–H and O–H groups in total. The van der Waals surface area contributed by atoms with Gasteiger partial charge in [-0.2, -0.15) is 0 Å². The highest BCUT2D eigenvalue weighted by atomic mass is 16.5. The molecule has 118 valence electrons. The van der Waals surface area contributed by atoms with Crippen molar-refractivity contribution in [3.8, 4) is 5.75 Å². The van der Waals surface area contributed by atoms with E-state index in [1.54, 1.807) is 0 Å². The number of hydrogen-bond acceptors (Lipinski definition) is 4. The van der Waals surface area contributed by atoms with Crippen molar-refractivity contribution in [3.63, 3.8) is 0 Å². The van der Waals surface area contributed by atoms with Gasteiger partial charge in [-0.15, -0.1) is 0 Å². The molecule has 0 fully saturated rings. The van der Waals surface area contributed by atoms with Crippen LogP contribution in [0, 0.1) is 13.8 Å². The van der Waals surface area contributed by atoms with E-state index in [0.717, 1.165) is 22.6 Å². The average Bonchev–Trinajstić information content (AvgIpc) is 2.80. The lowest BCUT2D eigenvalue weighted by Gasteiger charge is -2.15. The molecule has 0 aliphatic carbocycles. The number of nitrogens with zero attached hydrogens (tertiary/aromatic N) is 1. The van der Waals surface area contributed by atoms with Crippen LogP contribution in [0.2, 0.25) is 0 Å². The van der Waals surface area contributed by atoms with E-state index in [1.807, 2.05) is 52.0 Å². The Morgan fingerprint density at radius 3 is 2.82 bits per heavy atom. The summed E-state index contributed by atoms with van der Waals surface area (Å²) in [5.74, 6) is 1.45. The second-order valence-electron chi connectivity index (χ2n) is 5.27. The third-order valence-electron chi connectivity index (χ3n) is 3.57.